The molecule has 0 saturated heterocycles. The smallest absolute Gasteiger partial charge is 0.255 e. The monoisotopic (exact) mass is 210 g/mol. The van der Waals surface area contributed by atoms with Gasteiger partial charge in [0.2, 0.25) is 0 Å². The molecule has 0 atom stereocenters. The van der Waals surface area contributed by atoms with Gasteiger partial charge >= 0.3 is 0 Å². The number of aromatic nitrogens is 1. The predicted octanol–water partition coefficient (Wildman–Crippen LogP) is 2.86. The van der Waals surface area contributed by atoms with Crippen LogP contribution in [0, 0.1) is 0 Å². The van der Waals surface area contributed by atoms with Crippen molar-refractivity contribution in [3.8, 4) is 0 Å². The molecule has 0 saturated carbocycles. The summed E-state index contributed by atoms with van der Waals surface area (Å²) < 4.78 is 25.9. The zero-order valence-corrected chi connectivity index (χ0v) is 8.37. The van der Waals surface area contributed by atoms with Crippen LogP contribution in [0.5, 0.6) is 0 Å². The van der Waals surface area contributed by atoms with Crippen LogP contribution in [-0.2, 0) is 7.05 Å². The lowest BCUT2D eigenvalue weighted by atomic mass is 10.2. The second-order valence-electron chi connectivity index (χ2n) is 3.47. The van der Waals surface area contributed by atoms with Gasteiger partial charge in [-0.05, 0) is 24.3 Å². The first-order valence-corrected chi connectivity index (χ1v) is 4.74. The van der Waals surface area contributed by atoms with Crippen LogP contribution >= 0.6 is 0 Å². The molecule has 2 nitrogen and oxygen atoms in total. The van der Waals surface area contributed by atoms with E-state index in [-0.39, 0.29) is 6.54 Å². The number of benzene rings is 1. The minimum atomic E-state index is -2.32. The summed E-state index contributed by atoms with van der Waals surface area (Å²) in [5.74, 6) is 0. The fourth-order valence-electron chi connectivity index (χ4n) is 1.59. The van der Waals surface area contributed by atoms with Gasteiger partial charge in [-0.15, -0.1) is 0 Å². The van der Waals surface area contributed by atoms with Crippen LogP contribution in [-0.4, -0.2) is 17.5 Å². The molecule has 0 aliphatic carbocycles. The fraction of sp³-hybridized carbons (Fsp3) is 0.273. The van der Waals surface area contributed by atoms with Crippen molar-refractivity contribution >= 4 is 16.6 Å². The highest BCUT2D eigenvalue weighted by Gasteiger charge is 2.03. The number of hydrogen-bond acceptors (Lipinski definition) is 1. The average molecular weight is 210 g/mol. The van der Waals surface area contributed by atoms with Crippen LogP contribution in [0.4, 0.5) is 14.5 Å². The molecule has 1 aromatic heterocycles. The Labute approximate surface area is 86.5 Å². The van der Waals surface area contributed by atoms with Gasteiger partial charge in [0.1, 0.15) is 0 Å². The Balaban J connectivity index is 2.23. The van der Waals surface area contributed by atoms with Crippen LogP contribution in [0.25, 0.3) is 10.9 Å². The summed E-state index contributed by atoms with van der Waals surface area (Å²) in [5.41, 5.74) is 1.83. The van der Waals surface area contributed by atoms with E-state index in [1.807, 2.05) is 42.1 Å². The van der Waals surface area contributed by atoms with E-state index in [4.69, 9.17) is 0 Å². The predicted molar refractivity (Wildman–Crippen MR) is 57.4 cm³/mol. The highest BCUT2D eigenvalue weighted by atomic mass is 19.3. The summed E-state index contributed by atoms with van der Waals surface area (Å²) in [7, 11) is 1.95. The standard InChI is InChI=1S/C11H12F2N2/c1-15-5-4-8-6-9(2-3-10(8)15)14-7-11(12)13/h2-6,11,14H,7H2,1H3. The van der Waals surface area contributed by atoms with E-state index in [0.29, 0.717) is 0 Å². The Bertz CT molecular complexity index is 463. The molecule has 0 aliphatic rings. The third kappa shape index (κ3) is 2.09. The Morgan fingerprint density at radius 3 is 2.87 bits per heavy atom. The van der Waals surface area contributed by atoms with Gasteiger partial charge in [-0.3, -0.25) is 0 Å². The zero-order valence-electron chi connectivity index (χ0n) is 8.37. The number of nitrogens with one attached hydrogen (secondary N) is 1. The number of fused-ring (bicyclic) bond motifs is 1. The van der Waals surface area contributed by atoms with Gasteiger partial charge < -0.3 is 9.88 Å². The van der Waals surface area contributed by atoms with E-state index >= 15 is 0 Å². The summed E-state index contributed by atoms with van der Waals surface area (Å²) in [6.45, 7) is -0.307. The van der Waals surface area contributed by atoms with Crippen molar-refractivity contribution in [1.82, 2.24) is 4.57 Å². The highest BCUT2D eigenvalue weighted by molar-refractivity contribution is 5.83. The van der Waals surface area contributed by atoms with Crippen LogP contribution in [0.3, 0.4) is 0 Å². The van der Waals surface area contributed by atoms with Crippen LogP contribution in [0.2, 0.25) is 0 Å². The van der Waals surface area contributed by atoms with Gasteiger partial charge in [0.15, 0.2) is 0 Å². The summed E-state index contributed by atoms with van der Waals surface area (Å²) in [6.07, 6.45) is -0.377. The van der Waals surface area contributed by atoms with Crippen molar-refractivity contribution in [3.05, 3.63) is 30.5 Å². The lowest BCUT2D eigenvalue weighted by Gasteiger charge is -2.05. The van der Waals surface area contributed by atoms with Crippen molar-refractivity contribution in [3.63, 3.8) is 0 Å². The fourth-order valence-corrected chi connectivity index (χ4v) is 1.59. The lowest BCUT2D eigenvalue weighted by molar-refractivity contribution is 0.163. The second kappa shape index (κ2) is 3.88. The molecule has 1 heterocycles. The number of nitrogens with zero attached hydrogens (tertiary/aromatic N) is 1. The van der Waals surface area contributed by atoms with Crippen LogP contribution in [0.1, 0.15) is 0 Å². The molecule has 15 heavy (non-hydrogen) atoms. The van der Waals surface area contributed by atoms with Crippen molar-refractivity contribution in [1.29, 1.82) is 0 Å². The molecule has 0 unspecified atom stereocenters. The molecule has 1 N–H and O–H groups in total. The minimum absolute atomic E-state index is 0.307. The number of anilines is 1. The molecule has 0 spiro atoms. The minimum Gasteiger partial charge on any atom is -0.379 e. The SMILES string of the molecule is Cn1ccc2cc(NCC(F)F)ccc21. The van der Waals surface area contributed by atoms with Crippen LogP contribution < -0.4 is 5.32 Å². The van der Waals surface area contributed by atoms with E-state index < -0.39 is 6.43 Å². The van der Waals surface area contributed by atoms with E-state index in [2.05, 4.69) is 5.32 Å². The van der Waals surface area contributed by atoms with Gasteiger partial charge in [0.05, 0.1) is 6.54 Å². The lowest BCUT2D eigenvalue weighted by Crippen LogP contribution is -2.09. The highest BCUT2D eigenvalue weighted by Crippen LogP contribution is 2.19. The van der Waals surface area contributed by atoms with Gasteiger partial charge in [-0.2, -0.15) is 0 Å². The molecule has 2 rings (SSSR count). The Morgan fingerprint density at radius 1 is 1.33 bits per heavy atom. The largest absolute Gasteiger partial charge is 0.379 e. The number of rotatable bonds is 3. The van der Waals surface area contributed by atoms with E-state index in [0.717, 1.165) is 16.6 Å². The molecular formula is C11H12F2N2. The average Bonchev–Trinajstić information content (AvgIpc) is 2.57. The molecule has 2 aromatic rings. The molecule has 0 amide bonds. The maximum Gasteiger partial charge on any atom is 0.255 e. The number of hydrogen-bond donors (Lipinski definition) is 1. The van der Waals surface area contributed by atoms with E-state index in [9.17, 15) is 8.78 Å². The number of aryl methyl sites for hydroxylation is 1. The quantitative estimate of drug-likeness (QED) is 0.824. The number of alkyl halides is 2. The molecular weight excluding hydrogens is 198 g/mol. The van der Waals surface area contributed by atoms with Gasteiger partial charge in [0.25, 0.3) is 6.43 Å². The normalized spacial score (nSPS) is 11.2. The van der Waals surface area contributed by atoms with Gasteiger partial charge in [-0.1, -0.05) is 0 Å². The Hall–Kier alpha value is -1.58. The molecule has 0 aliphatic heterocycles. The third-order valence-electron chi connectivity index (χ3n) is 2.35. The van der Waals surface area contributed by atoms with E-state index in [1.165, 1.54) is 0 Å². The first-order valence-electron chi connectivity index (χ1n) is 4.74. The maximum absolute atomic E-state index is 12.0. The Morgan fingerprint density at radius 2 is 2.13 bits per heavy atom. The molecule has 0 fully saturated rings. The second-order valence-corrected chi connectivity index (χ2v) is 3.47. The molecule has 0 bridgehead atoms. The summed E-state index contributed by atoms with van der Waals surface area (Å²) in [6, 6.07) is 7.56. The number of halogens is 2. The first-order chi connectivity index (χ1) is 7.16. The summed E-state index contributed by atoms with van der Waals surface area (Å²) in [5, 5.41) is 3.74. The molecule has 80 valence electrons. The molecule has 1 aromatic carbocycles. The third-order valence-corrected chi connectivity index (χ3v) is 2.35. The summed E-state index contributed by atoms with van der Waals surface area (Å²) in [4.78, 5) is 0. The topological polar surface area (TPSA) is 17.0 Å². The van der Waals surface area contributed by atoms with E-state index in [1.54, 1.807) is 0 Å². The zero-order chi connectivity index (χ0) is 10.8. The maximum atomic E-state index is 12.0. The van der Waals surface area contributed by atoms with Crippen molar-refractivity contribution in [2.24, 2.45) is 7.05 Å². The Kier molecular flexibility index (Phi) is 2.58. The molecule has 4 heteroatoms. The molecule has 0 radical (unpaired) electrons. The van der Waals surface area contributed by atoms with Gasteiger partial charge in [0, 0.05) is 29.8 Å². The van der Waals surface area contributed by atoms with Crippen LogP contribution in [0.15, 0.2) is 30.5 Å². The van der Waals surface area contributed by atoms with Crippen molar-refractivity contribution in [2.45, 2.75) is 6.43 Å². The summed E-state index contributed by atoms with van der Waals surface area (Å²) >= 11 is 0. The van der Waals surface area contributed by atoms with Crippen molar-refractivity contribution in [2.75, 3.05) is 11.9 Å². The first kappa shape index (κ1) is 9.96. The van der Waals surface area contributed by atoms with Gasteiger partial charge in [-0.25, -0.2) is 8.78 Å². The van der Waals surface area contributed by atoms with Crippen molar-refractivity contribution < 1.29 is 8.78 Å².